The standard InChI is InChI=1S/C13H22N4O4/c1-5-6-21-13-11(17(18)19)12(14-7-9(2)3)15-10(16-13)8-20-4/h9H,5-8H2,1-4H3,(H,14,15,16). The van der Waals surface area contributed by atoms with Gasteiger partial charge in [-0.1, -0.05) is 20.8 Å². The number of nitro groups is 1. The summed E-state index contributed by atoms with van der Waals surface area (Å²) < 4.78 is 10.4. The lowest BCUT2D eigenvalue weighted by Gasteiger charge is -2.12. The summed E-state index contributed by atoms with van der Waals surface area (Å²) in [6.07, 6.45) is 0.732. The molecule has 0 fully saturated rings. The van der Waals surface area contributed by atoms with E-state index in [0.29, 0.717) is 24.9 Å². The van der Waals surface area contributed by atoms with E-state index in [-0.39, 0.29) is 24.0 Å². The van der Waals surface area contributed by atoms with E-state index in [2.05, 4.69) is 15.3 Å². The van der Waals surface area contributed by atoms with E-state index < -0.39 is 4.92 Å². The van der Waals surface area contributed by atoms with Crippen molar-refractivity contribution in [2.24, 2.45) is 5.92 Å². The predicted molar refractivity (Wildman–Crippen MR) is 78.5 cm³/mol. The summed E-state index contributed by atoms with van der Waals surface area (Å²) in [7, 11) is 1.51. The van der Waals surface area contributed by atoms with E-state index >= 15 is 0 Å². The van der Waals surface area contributed by atoms with Crippen LogP contribution in [0.15, 0.2) is 0 Å². The number of anilines is 1. The van der Waals surface area contributed by atoms with Crippen LogP contribution in [0.3, 0.4) is 0 Å². The summed E-state index contributed by atoms with van der Waals surface area (Å²) >= 11 is 0. The molecule has 0 saturated carbocycles. The minimum Gasteiger partial charge on any atom is -0.473 e. The van der Waals surface area contributed by atoms with Crippen molar-refractivity contribution in [2.45, 2.75) is 33.8 Å². The summed E-state index contributed by atoms with van der Waals surface area (Å²) in [5.74, 6) is 0.822. The van der Waals surface area contributed by atoms with E-state index in [1.165, 1.54) is 7.11 Å². The van der Waals surface area contributed by atoms with Crippen molar-refractivity contribution in [3.63, 3.8) is 0 Å². The molecule has 0 aliphatic rings. The number of methoxy groups -OCH3 is 1. The molecule has 118 valence electrons. The van der Waals surface area contributed by atoms with Crippen molar-refractivity contribution in [3.8, 4) is 5.88 Å². The van der Waals surface area contributed by atoms with Gasteiger partial charge in [-0.2, -0.15) is 4.98 Å². The van der Waals surface area contributed by atoms with Gasteiger partial charge in [0.2, 0.25) is 5.82 Å². The molecule has 8 nitrogen and oxygen atoms in total. The van der Waals surface area contributed by atoms with Gasteiger partial charge in [-0.3, -0.25) is 10.1 Å². The molecule has 1 heterocycles. The second-order valence-corrected chi connectivity index (χ2v) is 4.96. The first-order valence-electron chi connectivity index (χ1n) is 6.90. The second kappa shape index (κ2) is 8.35. The second-order valence-electron chi connectivity index (χ2n) is 4.96. The first-order chi connectivity index (χ1) is 9.99. The van der Waals surface area contributed by atoms with Crippen LogP contribution in [-0.2, 0) is 11.3 Å². The fourth-order valence-corrected chi connectivity index (χ4v) is 1.56. The molecule has 0 aromatic carbocycles. The van der Waals surface area contributed by atoms with Crippen LogP contribution in [0.4, 0.5) is 11.5 Å². The number of ether oxygens (including phenoxy) is 2. The average Bonchev–Trinajstić information content (AvgIpc) is 2.42. The van der Waals surface area contributed by atoms with Crippen LogP contribution < -0.4 is 10.1 Å². The molecule has 21 heavy (non-hydrogen) atoms. The maximum atomic E-state index is 11.3. The number of hydrogen-bond acceptors (Lipinski definition) is 7. The molecule has 0 radical (unpaired) electrons. The average molecular weight is 298 g/mol. The number of nitrogens with one attached hydrogen (secondary N) is 1. The predicted octanol–water partition coefficient (Wildman–Crippen LogP) is 2.39. The Morgan fingerprint density at radius 1 is 1.38 bits per heavy atom. The van der Waals surface area contributed by atoms with Gasteiger partial charge in [-0.05, 0) is 12.3 Å². The van der Waals surface area contributed by atoms with Crippen LogP contribution >= 0.6 is 0 Å². The molecule has 1 aromatic heterocycles. The van der Waals surface area contributed by atoms with E-state index in [9.17, 15) is 10.1 Å². The van der Waals surface area contributed by atoms with Crippen LogP contribution in [0.1, 0.15) is 33.0 Å². The van der Waals surface area contributed by atoms with Crippen LogP contribution in [0.2, 0.25) is 0 Å². The highest BCUT2D eigenvalue weighted by atomic mass is 16.6. The molecule has 1 rings (SSSR count). The maximum absolute atomic E-state index is 11.3. The molecule has 0 aliphatic carbocycles. The number of hydrogen-bond donors (Lipinski definition) is 1. The van der Waals surface area contributed by atoms with E-state index in [0.717, 1.165) is 6.42 Å². The summed E-state index contributed by atoms with van der Waals surface area (Å²) in [6.45, 7) is 7.01. The zero-order chi connectivity index (χ0) is 15.8. The summed E-state index contributed by atoms with van der Waals surface area (Å²) in [5.41, 5.74) is -0.232. The van der Waals surface area contributed by atoms with Crippen molar-refractivity contribution in [2.75, 3.05) is 25.6 Å². The molecule has 0 aliphatic heterocycles. The number of nitrogens with zero attached hydrogens (tertiary/aromatic N) is 3. The third-order valence-electron chi connectivity index (χ3n) is 2.48. The Balaban J connectivity index is 3.20. The SMILES string of the molecule is CCCOc1nc(COC)nc(NCC(C)C)c1[N+](=O)[O-]. The third kappa shape index (κ3) is 5.14. The Morgan fingerprint density at radius 2 is 2.10 bits per heavy atom. The van der Waals surface area contributed by atoms with Gasteiger partial charge < -0.3 is 14.8 Å². The van der Waals surface area contributed by atoms with Crippen LogP contribution in [0.5, 0.6) is 5.88 Å². The summed E-state index contributed by atoms with van der Waals surface area (Å²) in [4.78, 5) is 19.0. The quantitative estimate of drug-likeness (QED) is 0.552. The highest BCUT2D eigenvalue weighted by Crippen LogP contribution is 2.32. The smallest absolute Gasteiger partial charge is 0.372 e. The van der Waals surface area contributed by atoms with Gasteiger partial charge in [0.1, 0.15) is 6.61 Å². The van der Waals surface area contributed by atoms with E-state index in [1.807, 2.05) is 20.8 Å². The van der Waals surface area contributed by atoms with Gasteiger partial charge in [0, 0.05) is 13.7 Å². The Bertz CT molecular complexity index is 479. The fraction of sp³-hybridized carbons (Fsp3) is 0.692. The molecular weight excluding hydrogens is 276 g/mol. The van der Waals surface area contributed by atoms with Crippen molar-refractivity contribution in [1.82, 2.24) is 9.97 Å². The minimum absolute atomic E-state index is 0.0184. The maximum Gasteiger partial charge on any atom is 0.372 e. The summed E-state index contributed by atoms with van der Waals surface area (Å²) in [6, 6.07) is 0. The van der Waals surface area contributed by atoms with E-state index in [4.69, 9.17) is 9.47 Å². The molecule has 0 saturated heterocycles. The zero-order valence-electron chi connectivity index (χ0n) is 12.9. The topological polar surface area (TPSA) is 99.4 Å². The Labute approximate surface area is 124 Å². The first kappa shape index (κ1) is 17.1. The molecule has 8 heteroatoms. The molecule has 0 bridgehead atoms. The number of rotatable bonds is 9. The monoisotopic (exact) mass is 298 g/mol. The lowest BCUT2D eigenvalue weighted by atomic mass is 10.2. The van der Waals surface area contributed by atoms with Crippen molar-refractivity contribution >= 4 is 11.5 Å². The lowest BCUT2D eigenvalue weighted by Crippen LogP contribution is -2.14. The molecule has 0 spiro atoms. The minimum atomic E-state index is -0.524. The third-order valence-corrected chi connectivity index (χ3v) is 2.48. The van der Waals surface area contributed by atoms with Crippen LogP contribution in [-0.4, -0.2) is 35.2 Å². The van der Waals surface area contributed by atoms with Crippen molar-refractivity contribution < 1.29 is 14.4 Å². The van der Waals surface area contributed by atoms with Gasteiger partial charge in [-0.25, -0.2) is 4.98 Å². The van der Waals surface area contributed by atoms with Gasteiger partial charge in [0.15, 0.2) is 5.82 Å². The first-order valence-corrected chi connectivity index (χ1v) is 6.90. The Kier molecular flexibility index (Phi) is 6.80. The van der Waals surface area contributed by atoms with Crippen molar-refractivity contribution in [3.05, 3.63) is 15.9 Å². The number of aromatic nitrogens is 2. The highest BCUT2D eigenvalue weighted by Gasteiger charge is 2.26. The van der Waals surface area contributed by atoms with Gasteiger partial charge >= 0.3 is 5.69 Å². The fourth-order valence-electron chi connectivity index (χ4n) is 1.56. The molecule has 0 atom stereocenters. The lowest BCUT2D eigenvalue weighted by molar-refractivity contribution is -0.385. The Hall–Kier alpha value is -1.96. The zero-order valence-corrected chi connectivity index (χ0v) is 12.9. The van der Waals surface area contributed by atoms with Gasteiger partial charge in [0.25, 0.3) is 5.88 Å². The molecule has 0 unspecified atom stereocenters. The largest absolute Gasteiger partial charge is 0.473 e. The molecule has 0 amide bonds. The molecule has 1 N–H and O–H groups in total. The van der Waals surface area contributed by atoms with Crippen LogP contribution in [0, 0.1) is 16.0 Å². The van der Waals surface area contributed by atoms with Gasteiger partial charge in [-0.15, -0.1) is 0 Å². The summed E-state index contributed by atoms with van der Waals surface area (Å²) in [5, 5.41) is 14.3. The van der Waals surface area contributed by atoms with E-state index in [1.54, 1.807) is 0 Å². The molecular formula is C13H22N4O4. The van der Waals surface area contributed by atoms with Crippen LogP contribution in [0.25, 0.3) is 0 Å². The Morgan fingerprint density at radius 3 is 2.62 bits per heavy atom. The van der Waals surface area contributed by atoms with Gasteiger partial charge in [0.05, 0.1) is 11.5 Å². The highest BCUT2D eigenvalue weighted by molar-refractivity contribution is 5.61. The van der Waals surface area contributed by atoms with Crippen molar-refractivity contribution in [1.29, 1.82) is 0 Å². The molecule has 1 aromatic rings. The normalized spacial score (nSPS) is 10.7.